The molecule has 21 heteroatoms. The molecule has 5 saturated carbocycles. The van der Waals surface area contributed by atoms with Crippen molar-refractivity contribution in [3.63, 3.8) is 0 Å². The van der Waals surface area contributed by atoms with Crippen LogP contribution in [-0.2, 0) is 66.7 Å². The highest BCUT2D eigenvalue weighted by molar-refractivity contribution is 5.76. The van der Waals surface area contributed by atoms with Gasteiger partial charge in [-0.2, -0.15) is 0 Å². The van der Waals surface area contributed by atoms with Crippen LogP contribution in [0.3, 0.4) is 0 Å². The van der Waals surface area contributed by atoms with Crippen LogP contribution in [-0.4, -0.2) is 306 Å². The van der Waals surface area contributed by atoms with Gasteiger partial charge in [0.15, 0.2) is 0 Å². The molecule has 0 aliphatic heterocycles. The number of hydrogen-bond donors (Lipinski definition) is 0. The highest BCUT2D eigenvalue weighted by Gasteiger charge is 2.34. The standard InChI is InChI=1S/C17H34NO2.C16H32NO2.C16H34NO2.C15H32NO2.C14H28NO2.C12H24NO2.C11H22NO2/c1-4-7-13-18(6-3,12-5-2)14-15-20-17(19)16-10-8-9-11-16;1-4-11-17(6-3,12-5-2)13-14-19-16(18)15-9-7-8-10-15;1-7-10-12-17(9-3,11-8-2)13-14-19-15(18)16(4,5)6;1-7-10-16(9-3,11-8-2)12-13-18-14(17)15(4,5)6;1-4-15(5-2,6-3)11-12-17-14(16)13-9-7-8-10-13;1-13(2,3)9-10-15-12(14)11-7-5-4-6-8-11;1-12(2,3)8-9-14-11(13)10-6-4-5-7-10/h16H,4-15H2,1-3H3;15H,4-14H2,1-3H3;7-14H2,1-6H3;7-13H2,1-6H3;13H,4-12H2,1-3H3;11H,4-10H2,1-3H3;10H,4-9H2,1-3H3/q7*+1. The lowest BCUT2D eigenvalue weighted by atomic mass is 9.89. The molecule has 0 spiro atoms. The highest BCUT2D eigenvalue weighted by atomic mass is 16.6. The minimum atomic E-state index is -0.393. The summed E-state index contributed by atoms with van der Waals surface area (Å²) in [5, 5.41) is 0. The fraction of sp³-hybridized carbons (Fsp3) is 0.931. The number of unbranched alkanes of at least 4 members (excludes halogenated alkanes) is 2. The molecule has 0 radical (unpaired) electrons. The van der Waals surface area contributed by atoms with E-state index in [1.165, 1.54) is 187 Å². The maximum atomic E-state index is 12.0. The molecule has 2 unspecified atom stereocenters. The van der Waals surface area contributed by atoms with Gasteiger partial charge in [-0.25, -0.2) is 0 Å². The Bertz CT molecular complexity index is 2640. The molecule has 0 aromatic heterocycles. The summed E-state index contributed by atoms with van der Waals surface area (Å²) in [5.41, 5.74) is -0.784. The molecule has 0 N–H and O–H groups in total. The van der Waals surface area contributed by atoms with Crippen molar-refractivity contribution < 1.29 is 98.1 Å². The van der Waals surface area contributed by atoms with Crippen molar-refractivity contribution in [2.24, 2.45) is 40.4 Å². The van der Waals surface area contributed by atoms with Gasteiger partial charge in [-0.1, -0.05) is 139 Å². The summed E-state index contributed by atoms with van der Waals surface area (Å²) in [5.74, 6) is 1.00. The monoisotopic (exact) mass is 1740 g/mol. The first-order valence-electron chi connectivity index (χ1n) is 50.7. The number of esters is 7. The SMILES string of the molecule is CCCC[N+](CC)(CCC)CCOC(=O)C(C)(C)C.CCCC[N+](CC)(CCC)CCOC(=O)C1CCCC1.CCC[N+](CC)(CCC)CCOC(=O)C(C)(C)C.CCC[N+](CC)(CCC)CCOC(=O)C1CCCC1.CC[N+](CC)(CC)CCOC(=O)C1CCCC1.C[N+](C)(C)CCOC(=O)C1CCCC1.C[N+](C)(C)CCOC(=O)C1CCCCC1. The van der Waals surface area contributed by atoms with E-state index in [2.05, 4.69) is 146 Å². The van der Waals surface area contributed by atoms with Crippen molar-refractivity contribution in [1.82, 2.24) is 0 Å². The van der Waals surface area contributed by atoms with Gasteiger partial charge in [0.25, 0.3) is 0 Å². The quantitative estimate of drug-likeness (QED) is 0.0318. The van der Waals surface area contributed by atoms with Crippen molar-refractivity contribution in [3.05, 3.63) is 0 Å². The molecular formula is C101H206N7O14+7. The third kappa shape index (κ3) is 54.4. The van der Waals surface area contributed by atoms with E-state index in [-0.39, 0.29) is 71.4 Å². The molecule has 0 heterocycles. The van der Waals surface area contributed by atoms with Crippen LogP contribution in [0.4, 0.5) is 0 Å². The number of nitrogens with zero attached hydrogens (tertiary/aromatic N) is 7. The predicted molar refractivity (Wildman–Crippen MR) is 506 cm³/mol. The van der Waals surface area contributed by atoms with Crippen LogP contribution in [0.5, 0.6) is 0 Å². The molecule has 2 atom stereocenters. The van der Waals surface area contributed by atoms with Gasteiger partial charge in [0.1, 0.15) is 92.1 Å². The van der Waals surface area contributed by atoms with E-state index in [9.17, 15) is 33.6 Å². The maximum Gasteiger partial charge on any atom is 0.311 e. The number of ether oxygens (including phenoxy) is 7. The molecule has 0 aromatic carbocycles. The second-order valence-corrected chi connectivity index (χ2v) is 40.9. The Labute approximate surface area is 753 Å². The Balaban J connectivity index is 0. The lowest BCUT2D eigenvalue weighted by Crippen LogP contribution is -2.51. The molecular weight excluding hydrogens is 1540 g/mol. The van der Waals surface area contributed by atoms with Crippen molar-refractivity contribution >= 4 is 41.8 Å². The molecule has 21 nitrogen and oxygen atoms in total. The molecule has 5 fully saturated rings. The van der Waals surface area contributed by atoms with E-state index in [1.807, 2.05) is 41.5 Å². The normalized spacial score (nSPS) is 16.8. The first-order valence-corrected chi connectivity index (χ1v) is 50.7. The third-order valence-corrected chi connectivity index (χ3v) is 26.8. The smallest absolute Gasteiger partial charge is 0.311 e. The largest absolute Gasteiger partial charge is 0.459 e. The fourth-order valence-corrected chi connectivity index (χ4v) is 17.7. The van der Waals surface area contributed by atoms with Gasteiger partial charge in [0.05, 0.1) is 181 Å². The van der Waals surface area contributed by atoms with Gasteiger partial charge in [0.2, 0.25) is 0 Å². The van der Waals surface area contributed by atoms with Crippen molar-refractivity contribution in [2.45, 2.75) is 344 Å². The third-order valence-electron chi connectivity index (χ3n) is 26.8. The van der Waals surface area contributed by atoms with Crippen molar-refractivity contribution in [2.75, 3.05) is 233 Å². The van der Waals surface area contributed by atoms with Crippen LogP contribution < -0.4 is 0 Å². The Hall–Kier alpha value is -3.99. The van der Waals surface area contributed by atoms with Crippen LogP contribution >= 0.6 is 0 Å². The Morgan fingerprint density at radius 1 is 0.221 bits per heavy atom. The summed E-state index contributed by atoms with van der Waals surface area (Å²) in [6.07, 6.45) is 35.7. The van der Waals surface area contributed by atoms with E-state index in [0.717, 1.165) is 187 Å². The van der Waals surface area contributed by atoms with Crippen LogP contribution in [0.15, 0.2) is 0 Å². The number of hydrogen-bond acceptors (Lipinski definition) is 14. The minimum Gasteiger partial charge on any atom is -0.459 e. The number of quaternary nitrogens is 7. The molecule has 0 amide bonds. The Morgan fingerprint density at radius 2 is 0.393 bits per heavy atom. The van der Waals surface area contributed by atoms with Crippen LogP contribution in [0.25, 0.3) is 0 Å². The zero-order valence-electron chi connectivity index (χ0n) is 85.7. The van der Waals surface area contributed by atoms with Crippen LogP contribution in [0.1, 0.15) is 344 Å². The second kappa shape index (κ2) is 67.3. The predicted octanol–water partition coefficient (Wildman–Crippen LogP) is 19.8. The summed E-state index contributed by atoms with van der Waals surface area (Å²) in [6.45, 7) is 73.0. The summed E-state index contributed by atoms with van der Waals surface area (Å²) in [4.78, 5) is 82.3. The molecule has 0 aromatic rings. The molecule has 0 saturated heterocycles. The Kier molecular flexibility index (Phi) is 66.2. The first-order chi connectivity index (χ1) is 57.6. The van der Waals surface area contributed by atoms with E-state index in [1.54, 1.807) is 0 Å². The number of carbonyl (C=O) groups is 7. The molecule has 5 rings (SSSR count). The lowest BCUT2D eigenvalue weighted by molar-refractivity contribution is -0.927. The Morgan fingerprint density at radius 3 is 0.566 bits per heavy atom. The molecule has 722 valence electrons. The van der Waals surface area contributed by atoms with Gasteiger partial charge in [0, 0.05) is 0 Å². The maximum absolute atomic E-state index is 12.0. The van der Waals surface area contributed by atoms with E-state index >= 15 is 0 Å². The molecule has 5 aliphatic carbocycles. The molecule has 122 heavy (non-hydrogen) atoms. The van der Waals surface area contributed by atoms with Crippen molar-refractivity contribution in [3.8, 4) is 0 Å². The zero-order valence-corrected chi connectivity index (χ0v) is 85.7. The first kappa shape index (κ1) is 120. The summed E-state index contributed by atoms with van der Waals surface area (Å²) < 4.78 is 45.0. The van der Waals surface area contributed by atoms with Gasteiger partial charge in [-0.05, 0) is 206 Å². The zero-order chi connectivity index (χ0) is 92.8. The van der Waals surface area contributed by atoms with E-state index < -0.39 is 10.8 Å². The molecule has 0 bridgehead atoms. The summed E-state index contributed by atoms with van der Waals surface area (Å²) in [6, 6.07) is 0. The van der Waals surface area contributed by atoms with E-state index in [0.29, 0.717) is 46.2 Å². The lowest BCUT2D eigenvalue weighted by Gasteiger charge is -2.37. The highest BCUT2D eigenvalue weighted by Crippen LogP contribution is 2.30. The van der Waals surface area contributed by atoms with E-state index in [4.69, 9.17) is 33.2 Å². The van der Waals surface area contributed by atoms with Gasteiger partial charge in [-0.15, -0.1) is 0 Å². The number of likely N-dealkylation sites (N-methyl/N-ethyl adjacent to an activating group) is 7. The average molecular weight is 1740 g/mol. The minimum absolute atomic E-state index is 0.0240. The van der Waals surface area contributed by atoms with Gasteiger partial charge >= 0.3 is 41.8 Å². The number of rotatable bonds is 51. The average Bonchev–Trinajstić information content (AvgIpc) is 1.29. The van der Waals surface area contributed by atoms with Crippen molar-refractivity contribution in [1.29, 1.82) is 0 Å². The molecule has 5 aliphatic rings. The fourth-order valence-electron chi connectivity index (χ4n) is 17.7. The summed E-state index contributed by atoms with van der Waals surface area (Å²) >= 11 is 0. The topological polar surface area (TPSA) is 184 Å². The second-order valence-electron chi connectivity index (χ2n) is 40.9. The van der Waals surface area contributed by atoms with Crippen LogP contribution in [0.2, 0.25) is 0 Å². The van der Waals surface area contributed by atoms with Gasteiger partial charge < -0.3 is 64.5 Å². The van der Waals surface area contributed by atoms with Gasteiger partial charge in [-0.3, -0.25) is 33.6 Å². The summed E-state index contributed by atoms with van der Waals surface area (Å²) in [7, 11) is 12.6. The van der Waals surface area contributed by atoms with Crippen LogP contribution in [0, 0.1) is 40.4 Å². The number of carbonyl (C=O) groups excluding carboxylic acids is 7.